The van der Waals surface area contributed by atoms with Crippen LogP contribution in [0.1, 0.15) is 30.8 Å². The molecule has 0 aliphatic heterocycles. The number of carbonyl (C=O) groups excluding carboxylic acids is 1. The third-order valence-electron chi connectivity index (χ3n) is 3.50. The van der Waals surface area contributed by atoms with Crippen LogP contribution >= 0.6 is 0 Å². The van der Waals surface area contributed by atoms with Gasteiger partial charge in [-0.25, -0.2) is 0 Å². The van der Waals surface area contributed by atoms with Crippen LogP contribution in [0.3, 0.4) is 0 Å². The molecule has 1 aromatic heterocycles. The van der Waals surface area contributed by atoms with Crippen molar-refractivity contribution in [2.75, 3.05) is 11.9 Å². The molecule has 0 fully saturated rings. The number of rotatable bonds is 5. The van der Waals surface area contributed by atoms with Gasteiger partial charge < -0.3 is 10.2 Å². The minimum atomic E-state index is -0.132. The van der Waals surface area contributed by atoms with Crippen LogP contribution < -0.4 is 10.2 Å². The van der Waals surface area contributed by atoms with E-state index in [1.165, 1.54) is 0 Å². The van der Waals surface area contributed by atoms with Gasteiger partial charge in [-0.3, -0.25) is 9.78 Å². The zero-order valence-corrected chi connectivity index (χ0v) is 12.7. The molecule has 110 valence electrons. The van der Waals surface area contributed by atoms with Crippen LogP contribution in [-0.2, 0) is 0 Å². The van der Waals surface area contributed by atoms with Crippen molar-refractivity contribution in [3.63, 3.8) is 0 Å². The number of hydrogen-bond acceptors (Lipinski definition) is 3. The van der Waals surface area contributed by atoms with Gasteiger partial charge >= 0.3 is 0 Å². The molecule has 2 aromatic rings. The van der Waals surface area contributed by atoms with Crippen molar-refractivity contribution in [1.82, 2.24) is 10.3 Å². The maximum Gasteiger partial charge on any atom is 0.270 e. The highest BCUT2D eigenvalue weighted by atomic mass is 16.1. The largest absolute Gasteiger partial charge is 0.348 e. The average molecular weight is 283 g/mol. The molecule has 1 amide bonds. The summed E-state index contributed by atoms with van der Waals surface area (Å²) in [6.07, 6.45) is 2.57. The number of carbonyl (C=O) groups is 1. The summed E-state index contributed by atoms with van der Waals surface area (Å²) in [6, 6.07) is 13.9. The number of para-hydroxylation sites is 1. The van der Waals surface area contributed by atoms with Crippen LogP contribution in [0, 0.1) is 0 Å². The molecule has 0 bridgehead atoms. The van der Waals surface area contributed by atoms with E-state index in [2.05, 4.69) is 10.3 Å². The molecule has 4 heteroatoms. The van der Waals surface area contributed by atoms with Gasteiger partial charge in [0.15, 0.2) is 0 Å². The van der Waals surface area contributed by atoms with E-state index in [1.807, 2.05) is 68.3 Å². The van der Waals surface area contributed by atoms with E-state index < -0.39 is 0 Å². The lowest BCUT2D eigenvalue weighted by atomic mass is 10.2. The molecule has 21 heavy (non-hydrogen) atoms. The molecule has 0 aliphatic rings. The smallest absolute Gasteiger partial charge is 0.270 e. The number of anilines is 2. The predicted molar refractivity (Wildman–Crippen MR) is 86.0 cm³/mol. The lowest BCUT2D eigenvalue weighted by Crippen LogP contribution is -2.32. The summed E-state index contributed by atoms with van der Waals surface area (Å²) < 4.78 is 0. The fourth-order valence-electron chi connectivity index (χ4n) is 1.95. The van der Waals surface area contributed by atoms with Crippen LogP contribution in [0.5, 0.6) is 0 Å². The van der Waals surface area contributed by atoms with Gasteiger partial charge in [-0.15, -0.1) is 0 Å². The Hall–Kier alpha value is -2.36. The second-order valence-corrected chi connectivity index (χ2v) is 5.08. The third-order valence-corrected chi connectivity index (χ3v) is 3.50. The number of nitrogens with one attached hydrogen (secondary N) is 1. The number of aromatic nitrogens is 1. The molecule has 2 rings (SSSR count). The van der Waals surface area contributed by atoms with Gasteiger partial charge in [0, 0.05) is 30.7 Å². The maximum absolute atomic E-state index is 12.1. The van der Waals surface area contributed by atoms with Gasteiger partial charge in [-0.2, -0.15) is 0 Å². The van der Waals surface area contributed by atoms with Crippen LogP contribution in [0.15, 0.2) is 48.7 Å². The Labute approximate surface area is 125 Å². The Balaban J connectivity index is 2.20. The molecule has 4 nitrogen and oxygen atoms in total. The highest BCUT2D eigenvalue weighted by Crippen LogP contribution is 2.23. The fourth-order valence-corrected chi connectivity index (χ4v) is 1.95. The van der Waals surface area contributed by atoms with E-state index in [0.717, 1.165) is 17.8 Å². The van der Waals surface area contributed by atoms with Crippen molar-refractivity contribution < 1.29 is 4.79 Å². The first-order valence-electron chi connectivity index (χ1n) is 7.17. The van der Waals surface area contributed by atoms with E-state index in [-0.39, 0.29) is 11.9 Å². The van der Waals surface area contributed by atoms with Crippen LogP contribution in [0.2, 0.25) is 0 Å². The molecule has 1 unspecified atom stereocenters. The van der Waals surface area contributed by atoms with Gasteiger partial charge in [0.05, 0.1) is 0 Å². The van der Waals surface area contributed by atoms with E-state index in [1.54, 1.807) is 6.20 Å². The Morgan fingerprint density at radius 2 is 1.95 bits per heavy atom. The minimum Gasteiger partial charge on any atom is -0.348 e. The molecule has 0 radical (unpaired) electrons. The van der Waals surface area contributed by atoms with Crippen LogP contribution in [-0.4, -0.2) is 24.0 Å². The highest BCUT2D eigenvalue weighted by Gasteiger charge is 2.12. The lowest BCUT2D eigenvalue weighted by molar-refractivity contribution is 0.0934. The molecule has 0 spiro atoms. The van der Waals surface area contributed by atoms with E-state index >= 15 is 0 Å². The van der Waals surface area contributed by atoms with Crippen LogP contribution in [0.25, 0.3) is 0 Å². The summed E-state index contributed by atoms with van der Waals surface area (Å²) in [7, 11) is 1.97. The van der Waals surface area contributed by atoms with E-state index in [9.17, 15) is 4.79 Å². The van der Waals surface area contributed by atoms with Crippen molar-refractivity contribution in [3.05, 3.63) is 54.4 Å². The Kier molecular flexibility index (Phi) is 4.93. The normalized spacial score (nSPS) is 11.8. The molecule has 0 aliphatic carbocycles. The predicted octanol–water partition coefficient (Wildman–Crippen LogP) is 3.38. The quantitative estimate of drug-likeness (QED) is 0.915. The third kappa shape index (κ3) is 3.81. The zero-order valence-electron chi connectivity index (χ0n) is 12.7. The molecule has 1 atom stereocenters. The monoisotopic (exact) mass is 283 g/mol. The minimum absolute atomic E-state index is 0.132. The average Bonchev–Trinajstić information content (AvgIpc) is 2.55. The van der Waals surface area contributed by atoms with Gasteiger partial charge in [0.25, 0.3) is 5.91 Å². The summed E-state index contributed by atoms with van der Waals surface area (Å²) in [5.41, 5.74) is 2.44. The second kappa shape index (κ2) is 6.88. The molecular formula is C17H21N3O. The van der Waals surface area contributed by atoms with E-state index in [0.29, 0.717) is 5.69 Å². The zero-order chi connectivity index (χ0) is 15.2. The summed E-state index contributed by atoms with van der Waals surface area (Å²) in [5.74, 6) is -0.132. The van der Waals surface area contributed by atoms with Crippen molar-refractivity contribution in [2.24, 2.45) is 0 Å². The Morgan fingerprint density at radius 1 is 1.24 bits per heavy atom. The van der Waals surface area contributed by atoms with Crippen LogP contribution in [0.4, 0.5) is 11.4 Å². The summed E-state index contributed by atoms with van der Waals surface area (Å²) in [5, 5.41) is 2.93. The molecule has 0 saturated carbocycles. The standard InChI is InChI=1S/C17H21N3O/c1-4-13(2)19-17(21)16-12-15(10-11-18-16)20(3)14-8-6-5-7-9-14/h5-13H,4H2,1-3H3,(H,19,21). The van der Waals surface area contributed by atoms with Gasteiger partial charge in [0.1, 0.15) is 5.69 Å². The first kappa shape index (κ1) is 15.0. The topological polar surface area (TPSA) is 45.2 Å². The van der Waals surface area contributed by atoms with Crippen molar-refractivity contribution in [3.8, 4) is 0 Å². The molecule has 0 saturated heterocycles. The number of nitrogens with zero attached hydrogens (tertiary/aromatic N) is 2. The van der Waals surface area contributed by atoms with Gasteiger partial charge in [-0.1, -0.05) is 25.1 Å². The number of benzene rings is 1. The molecule has 1 N–H and O–H groups in total. The van der Waals surface area contributed by atoms with Gasteiger partial charge in [-0.05, 0) is 37.6 Å². The molecule has 1 aromatic carbocycles. The fraction of sp³-hybridized carbons (Fsp3) is 0.294. The Bertz CT molecular complexity index is 598. The van der Waals surface area contributed by atoms with Crippen molar-refractivity contribution in [2.45, 2.75) is 26.3 Å². The lowest BCUT2D eigenvalue weighted by Gasteiger charge is -2.20. The summed E-state index contributed by atoms with van der Waals surface area (Å²) in [4.78, 5) is 18.3. The summed E-state index contributed by atoms with van der Waals surface area (Å²) >= 11 is 0. The first-order chi connectivity index (χ1) is 10.1. The number of amides is 1. The SMILES string of the molecule is CCC(C)NC(=O)c1cc(N(C)c2ccccc2)ccn1. The van der Waals surface area contributed by atoms with Crippen molar-refractivity contribution in [1.29, 1.82) is 0 Å². The highest BCUT2D eigenvalue weighted by molar-refractivity contribution is 5.93. The van der Waals surface area contributed by atoms with E-state index in [4.69, 9.17) is 0 Å². The summed E-state index contributed by atoms with van der Waals surface area (Å²) in [6.45, 7) is 4.02. The second-order valence-electron chi connectivity index (χ2n) is 5.08. The Morgan fingerprint density at radius 3 is 2.62 bits per heavy atom. The first-order valence-corrected chi connectivity index (χ1v) is 7.17. The maximum atomic E-state index is 12.1. The number of hydrogen-bond donors (Lipinski definition) is 1. The number of pyridine rings is 1. The molecule has 1 heterocycles. The molecular weight excluding hydrogens is 262 g/mol. The van der Waals surface area contributed by atoms with Crippen molar-refractivity contribution >= 4 is 17.3 Å². The van der Waals surface area contributed by atoms with Gasteiger partial charge in [0.2, 0.25) is 0 Å².